The van der Waals surface area contributed by atoms with E-state index in [1.165, 1.54) is 6.92 Å². The lowest BCUT2D eigenvalue weighted by atomic mass is 10.2. The summed E-state index contributed by atoms with van der Waals surface area (Å²) in [6.45, 7) is 4.18. The van der Waals surface area contributed by atoms with Crippen LogP contribution in [-0.4, -0.2) is 71.3 Å². The molecule has 1 saturated heterocycles. The molecule has 0 aromatic carbocycles. The second-order valence-electron chi connectivity index (χ2n) is 6.61. The third-order valence-corrected chi connectivity index (χ3v) is 4.69. The van der Waals surface area contributed by atoms with Crippen molar-refractivity contribution < 1.29 is 14.6 Å². The van der Waals surface area contributed by atoms with E-state index in [0.717, 1.165) is 16.8 Å². The summed E-state index contributed by atoms with van der Waals surface area (Å²) in [5.41, 5.74) is 0.397. The Morgan fingerprint density at radius 3 is 2.36 bits per heavy atom. The van der Waals surface area contributed by atoms with Crippen LogP contribution >= 0.6 is 0 Å². The average molecular weight is 392 g/mol. The van der Waals surface area contributed by atoms with E-state index in [4.69, 9.17) is 0 Å². The highest BCUT2D eigenvalue weighted by molar-refractivity contribution is 5.76. The number of nitrogens with zero attached hydrogens (tertiary/aromatic N) is 8. The van der Waals surface area contributed by atoms with Gasteiger partial charge in [0.2, 0.25) is 5.91 Å². The van der Waals surface area contributed by atoms with E-state index in [0.29, 0.717) is 26.2 Å². The fourth-order valence-electron chi connectivity index (χ4n) is 3.21. The molecule has 150 valence electrons. The van der Waals surface area contributed by atoms with Gasteiger partial charge in [0, 0.05) is 51.5 Å². The number of aromatic nitrogens is 4. The lowest BCUT2D eigenvalue weighted by Gasteiger charge is -2.34. The largest absolute Gasteiger partial charge is 0.468 e. The van der Waals surface area contributed by atoms with Gasteiger partial charge < -0.3 is 15.0 Å². The van der Waals surface area contributed by atoms with Gasteiger partial charge in [0.1, 0.15) is 12.2 Å². The van der Waals surface area contributed by atoms with Gasteiger partial charge in [-0.15, -0.1) is 0 Å². The normalized spacial score (nSPS) is 15.0. The van der Waals surface area contributed by atoms with E-state index >= 15 is 0 Å². The van der Waals surface area contributed by atoms with Crippen LogP contribution in [0.1, 0.15) is 11.3 Å². The molecule has 0 spiro atoms. The maximum Gasteiger partial charge on any atom is 0.468 e. The van der Waals surface area contributed by atoms with Gasteiger partial charge in [-0.05, 0) is 11.8 Å². The van der Waals surface area contributed by atoms with Gasteiger partial charge in [0.25, 0.3) is 0 Å². The van der Waals surface area contributed by atoms with Gasteiger partial charge in [0.15, 0.2) is 0 Å². The first-order valence-corrected chi connectivity index (χ1v) is 8.60. The Bertz CT molecular complexity index is 912. The number of aryl methyl sites for hydroxylation is 1. The molecule has 3 rings (SSSR count). The number of amides is 1. The topological polar surface area (TPSA) is 145 Å². The van der Waals surface area contributed by atoms with Gasteiger partial charge in [-0.1, -0.05) is 0 Å². The van der Waals surface area contributed by atoms with Gasteiger partial charge in [0.05, 0.1) is 16.2 Å². The predicted molar refractivity (Wildman–Crippen MR) is 95.3 cm³/mol. The Morgan fingerprint density at radius 2 is 1.86 bits per heavy atom. The van der Waals surface area contributed by atoms with Crippen LogP contribution in [0.3, 0.4) is 0 Å². The van der Waals surface area contributed by atoms with Crippen LogP contribution in [0.2, 0.25) is 0 Å². The SMILES string of the molecule is Cc1c([N+](=O)[O-])c([N+](=O)[O-])nn1CC(=O)N1CCN(Cc2cnn(C)c2)CC1. The number of rotatable bonds is 6. The molecule has 0 atom stereocenters. The first-order chi connectivity index (χ1) is 13.3. The number of nitro groups is 2. The third kappa shape index (κ3) is 3.98. The summed E-state index contributed by atoms with van der Waals surface area (Å²) in [5.74, 6) is -1.13. The molecule has 1 fully saturated rings. The van der Waals surface area contributed by atoms with Gasteiger partial charge >= 0.3 is 11.5 Å². The Kier molecular flexibility index (Phi) is 5.35. The molecule has 0 saturated carbocycles. The van der Waals surface area contributed by atoms with E-state index < -0.39 is 21.4 Å². The van der Waals surface area contributed by atoms with Crippen LogP contribution in [0.5, 0.6) is 0 Å². The van der Waals surface area contributed by atoms with Crippen LogP contribution in [0.15, 0.2) is 12.4 Å². The second-order valence-corrected chi connectivity index (χ2v) is 6.61. The molecule has 0 radical (unpaired) electrons. The van der Waals surface area contributed by atoms with Crippen molar-refractivity contribution in [3.8, 4) is 0 Å². The number of piperazine rings is 1. The highest BCUT2D eigenvalue weighted by Crippen LogP contribution is 2.29. The zero-order chi connectivity index (χ0) is 20.4. The average Bonchev–Trinajstić information content (AvgIpc) is 3.19. The minimum atomic E-state index is -0.913. The van der Waals surface area contributed by atoms with Crippen molar-refractivity contribution in [1.29, 1.82) is 0 Å². The summed E-state index contributed by atoms with van der Waals surface area (Å²) in [4.78, 5) is 36.7. The van der Waals surface area contributed by atoms with Crippen molar-refractivity contribution in [3.05, 3.63) is 43.9 Å². The number of hydrogen-bond donors (Lipinski definition) is 0. The zero-order valence-corrected chi connectivity index (χ0v) is 15.5. The standard InChI is InChI=1S/C15H20N8O5/c1-11-14(22(25)26)15(23(27)28)17-21(11)10-13(24)20-5-3-19(4-6-20)9-12-7-16-18(2)8-12/h7-8H,3-6,9-10H2,1-2H3. The summed E-state index contributed by atoms with van der Waals surface area (Å²) in [6, 6.07) is 0. The molecule has 1 aliphatic heterocycles. The molecule has 1 aliphatic rings. The Morgan fingerprint density at radius 1 is 1.18 bits per heavy atom. The zero-order valence-electron chi connectivity index (χ0n) is 15.5. The molecule has 0 N–H and O–H groups in total. The van der Waals surface area contributed by atoms with Crippen molar-refractivity contribution >= 4 is 17.4 Å². The molecule has 0 aliphatic carbocycles. The van der Waals surface area contributed by atoms with Crippen LogP contribution in [-0.2, 0) is 24.9 Å². The maximum atomic E-state index is 12.5. The highest BCUT2D eigenvalue weighted by atomic mass is 16.6. The quantitative estimate of drug-likeness (QED) is 0.496. The molecular weight excluding hydrogens is 372 g/mol. The minimum Gasteiger partial charge on any atom is -0.358 e. The smallest absolute Gasteiger partial charge is 0.358 e. The van der Waals surface area contributed by atoms with Crippen molar-refractivity contribution in [2.24, 2.45) is 7.05 Å². The van der Waals surface area contributed by atoms with Crippen LogP contribution < -0.4 is 0 Å². The first-order valence-electron chi connectivity index (χ1n) is 8.60. The molecule has 28 heavy (non-hydrogen) atoms. The van der Waals surface area contributed by atoms with Gasteiger partial charge in [-0.25, -0.2) is 0 Å². The fourth-order valence-corrected chi connectivity index (χ4v) is 3.21. The molecule has 13 nitrogen and oxygen atoms in total. The highest BCUT2D eigenvalue weighted by Gasteiger charge is 2.36. The van der Waals surface area contributed by atoms with Crippen LogP contribution in [0, 0.1) is 27.2 Å². The predicted octanol–water partition coefficient (Wildman–Crippen LogP) is 0.0858. The monoisotopic (exact) mass is 392 g/mol. The Labute approximate surface area is 159 Å². The van der Waals surface area contributed by atoms with Gasteiger partial charge in [-0.2, -0.15) is 9.78 Å². The van der Waals surface area contributed by atoms with Crippen LogP contribution in [0.25, 0.3) is 0 Å². The molecule has 0 unspecified atom stereocenters. The molecule has 3 heterocycles. The maximum absolute atomic E-state index is 12.5. The lowest BCUT2D eigenvalue weighted by molar-refractivity contribution is -0.424. The minimum absolute atomic E-state index is 0.0136. The first kappa shape index (κ1) is 19.4. The molecular formula is C15H20N8O5. The number of hydrogen-bond acceptors (Lipinski definition) is 8. The third-order valence-electron chi connectivity index (χ3n) is 4.69. The summed E-state index contributed by atoms with van der Waals surface area (Å²) in [7, 11) is 1.85. The van der Waals surface area contributed by atoms with E-state index in [2.05, 4.69) is 15.1 Å². The molecule has 13 heteroatoms. The van der Waals surface area contributed by atoms with Crippen molar-refractivity contribution in [3.63, 3.8) is 0 Å². The summed E-state index contributed by atoms with van der Waals surface area (Å²) in [5, 5.41) is 29.8. The summed E-state index contributed by atoms with van der Waals surface area (Å²) in [6.07, 6.45) is 3.75. The summed E-state index contributed by atoms with van der Waals surface area (Å²) >= 11 is 0. The van der Waals surface area contributed by atoms with E-state index in [-0.39, 0.29) is 18.1 Å². The Hall–Kier alpha value is -3.35. The van der Waals surface area contributed by atoms with Crippen LogP contribution in [0.4, 0.5) is 11.5 Å². The number of carbonyl (C=O) groups excluding carboxylic acids is 1. The van der Waals surface area contributed by atoms with E-state index in [9.17, 15) is 25.0 Å². The van der Waals surface area contributed by atoms with Gasteiger partial charge in [-0.3, -0.25) is 24.5 Å². The lowest BCUT2D eigenvalue weighted by Crippen LogP contribution is -2.49. The Balaban J connectivity index is 1.61. The number of carbonyl (C=O) groups is 1. The molecule has 2 aromatic heterocycles. The van der Waals surface area contributed by atoms with Crippen molar-refractivity contribution in [1.82, 2.24) is 29.4 Å². The molecule has 1 amide bonds. The van der Waals surface area contributed by atoms with E-state index in [1.54, 1.807) is 15.8 Å². The van der Waals surface area contributed by atoms with Crippen molar-refractivity contribution in [2.75, 3.05) is 26.2 Å². The molecule has 2 aromatic rings. The second kappa shape index (κ2) is 7.72. The fraction of sp³-hybridized carbons (Fsp3) is 0.533. The summed E-state index contributed by atoms with van der Waals surface area (Å²) < 4.78 is 2.76. The van der Waals surface area contributed by atoms with E-state index in [1.807, 2.05) is 13.2 Å². The molecule has 0 bridgehead atoms. The van der Waals surface area contributed by atoms with Crippen molar-refractivity contribution in [2.45, 2.75) is 20.0 Å².